The third-order valence-corrected chi connectivity index (χ3v) is 4.11. The van der Waals surface area contributed by atoms with Crippen molar-refractivity contribution in [2.45, 2.75) is 38.9 Å². The number of anilines is 1. The molecule has 0 fully saturated rings. The molecule has 3 nitrogen and oxygen atoms in total. The second kappa shape index (κ2) is 4.93. The molecule has 0 aliphatic carbocycles. The second-order valence-corrected chi connectivity index (χ2v) is 6.20. The fourth-order valence-corrected chi connectivity index (χ4v) is 2.74. The minimum atomic E-state index is -4.36. The molecule has 0 spiro atoms. The van der Waals surface area contributed by atoms with Gasteiger partial charge < -0.3 is 10.0 Å². The molecule has 0 amide bonds. The van der Waals surface area contributed by atoms with Gasteiger partial charge in [-0.15, -0.1) is 0 Å². The van der Waals surface area contributed by atoms with Crippen LogP contribution < -0.4 is 4.90 Å². The number of aliphatic carboxylic acids is 1. The standard InChI is InChI=1S/C15H18F3NO2/c1-14(2,13(20)21)8-11-7-9-6-10(15(16,17)18)4-5-12(9)19(11)3/h4-6,11H,7-8H2,1-3H3,(H,20,21). The number of carboxylic acid groups (broad SMARTS) is 1. The van der Waals surface area contributed by atoms with Gasteiger partial charge in [-0.3, -0.25) is 4.79 Å². The molecule has 1 heterocycles. The smallest absolute Gasteiger partial charge is 0.416 e. The Bertz CT molecular complexity index is 567. The van der Waals surface area contributed by atoms with Gasteiger partial charge in [0.05, 0.1) is 11.0 Å². The number of fused-ring (bicyclic) bond motifs is 1. The Balaban J connectivity index is 2.24. The molecule has 0 radical (unpaired) electrons. The van der Waals surface area contributed by atoms with E-state index >= 15 is 0 Å². The van der Waals surface area contributed by atoms with Gasteiger partial charge in [0.1, 0.15) is 0 Å². The number of halogens is 3. The molecular weight excluding hydrogens is 283 g/mol. The number of alkyl halides is 3. The Labute approximate surface area is 121 Å². The highest BCUT2D eigenvalue weighted by molar-refractivity contribution is 5.74. The van der Waals surface area contributed by atoms with Gasteiger partial charge in [-0.05, 0) is 50.5 Å². The maximum atomic E-state index is 12.7. The van der Waals surface area contributed by atoms with Crippen LogP contribution >= 0.6 is 0 Å². The fraction of sp³-hybridized carbons (Fsp3) is 0.533. The summed E-state index contributed by atoms with van der Waals surface area (Å²) in [4.78, 5) is 13.1. The summed E-state index contributed by atoms with van der Waals surface area (Å²) < 4.78 is 38.2. The molecule has 21 heavy (non-hydrogen) atoms. The van der Waals surface area contributed by atoms with Crippen LogP contribution in [0.3, 0.4) is 0 Å². The van der Waals surface area contributed by atoms with E-state index in [1.54, 1.807) is 20.9 Å². The maximum Gasteiger partial charge on any atom is 0.416 e. The van der Waals surface area contributed by atoms with Gasteiger partial charge in [0.15, 0.2) is 0 Å². The monoisotopic (exact) mass is 301 g/mol. The zero-order chi connectivity index (χ0) is 16.0. The van der Waals surface area contributed by atoms with Crippen molar-refractivity contribution in [3.8, 4) is 0 Å². The van der Waals surface area contributed by atoms with E-state index < -0.39 is 23.1 Å². The molecule has 0 aromatic heterocycles. The van der Waals surface area contributed by atoms with E-state index in [0.717, 1.165) is 11.8 Å². The predicted octanol–water partition coefficient (Wildman–Crippen LogP) is 3.57. The molecule has 6 heteroatoms. The number of benzene rings is 1. The quantitative estimate of drug-likeness (QED) is 0.928. The molecule has 1 atom stereocenters. The van der Waals surface area contributed by atoms with Crippen LogP contribution in [-0.4, -0.2) is 24.2 Å². The van der Waals surface area contributed by atoms with Gasteiger partial charge in [0.2, 0.25) is 0 Å². The van der Waals surface area contributed by atoms with Crippen LogP contribution in [0.2, 0.25) is 0 Å². The number of nitrogens with zero attached hydrogens (tertiary/aromatic N) is 1. The van der Waals surface area contributed by atoms with Crippen LogP contribution in [0.5, 0.6) is 0 Å². The van der Waals surface area contributed by atoms with Crippen LogP contribution in [0.4, 0.5) is 18.9 Å². The first-order valence-electron chi connectivity index (χ1n) is 6.69. The fourth-order valence-electron chi connectivity index (χ4n) is 2.74. The third-order valence-electron chi connectivity index (χ3n) is 4.11. The molecular formula is C15H18F3NO2. The van der Waals surface area contributed by atoms with E-state index in [9.17, 15) is 23.1 Å². The molecule has 116 valence electrons. The highest BCUT2D eigenvalue weighted by atomic mass is 19.4. The lowest BCUT2D eigenvalue weighted by Crippen LogP contribution is -2.36. The van der Waals surface area contributed by atoms with Gasteiger partial charge in [-0.2, -0.15) is 13.2 Å². The van der Waals surface area contributed by atoms with E-state index in [4.69, 9.17) is 0 Å². The highest BCUT2D eigenvalue weighted by Gasteiger charge is 2.37. The lowest BCUT2D eigenvalue weighted by molar-refractivity contribution is -0.147. The minimum Gasteiger partial charge on any atom is -0.481 e. The number of rotatable bonds is 3. The molecule has 1 aliphatic heterocycles. The molecule has 1 aromatic rings. The summed E-state index contributed by atoms with van der Waals surface area (Å²) in [6.45, 7) is 3.26. The number of likely N-dealkylation sites (N-methyl/N-ethyl adjacent to an activating group) is 1. The van der Waals surface area contributed by atoms with Crippen molar-refractivity contribution in [2.75, 3.05) is 11.9 Å². The summed E-state index contributed by atoms with van der Waals surface area (Å²) in [6.07, 6.45) is -3.53. The predicted molar refractivity (Wildman–Crippen MR) is 73.4 cm³/mol. The first-order valence-corrected chi connectivity index (χ1v) is 6.69. The van der Waals surface area contributed by atoms with Crippen LogP contribution in [0.15, 0.2) is 18.2 Å². The van der Waals surface area contributed by atoms with Gasteiger partial charge >= 0.3 is 12.1 Å². The van der Waals surface area contributed by atoms with E-state index in [1.807, 2.05) is 4.90 Å². The van der Waals surface area contributed by atoms with Crippen molar-refractivity contribution in [3.63, 3.8) is 0 Å². The minimum absolute atomic E-state index is 0.102. The van der Waals surface area contributed by atoms with Gasteiger partial charge in [-0.1, -0.05) is 0 Å². The van der Waals surface area contributed by atoms with E-state index in [2.05, 4.69) is 0 Å². The summed E-state index contributed by atoms with van der Waals surface area (Å²) in [5.41, 5.74) is -0.200. The Morgan fingerprint density at radius 2 is 2.00 bits per heavy atom. The van der Waals surface area contributed by atoms with Crippen molar-refractivity contribution in [1.29, 1.82) is 0 Å². The first kappa shape index (κ1) is 15.7. The topological polar surface area (TPSA) is 40.5 Å². The van der Waals surface area contributed by atoms with Crippen molar-refractivity contribution in [2.24, 2.45) is 5.41 Å². The van der Waals surface area contributed by atoms with Crippen molar-refractivity contribution >= 4 is 11.7 Å². The van der Waals surface area contributed by atoms with Crippen molar-refractivity contribution < 1.29 is 23.1 Å². The molecule has 0 bridgehead atoms. The van der Waals surface area contributed by atoms with Crippen molar-refractivity contribution in [3.05, 3.63) is 29.3 Å². The van der Waals surface area contributed by atoms with Crippen LogP contribution in [0, 0.1) is 5.41 Å². The van der Waals surface area contributed by atoms with Crippen LogP contribution in [-0.2, 0) is 17.4 Å². The Morgan fingerprint density at radius 1 is 1.38 bits per heavy atom. The first-order chi connectivity index (χ1) is 9.52. The number of carbonyl (C=O) groups is 1. The zero-order valence-corrected chi connectivity index (χ0v) is 12.2. The Morgan fingerprint density at radius 3 is 2.52 bits per heavy atom. The zero-order valence-electron chi connectivity index (χ0n) is 12.2. The maximum absolute atomic E-state index is 12.7. The molecule has 0 saturated carbocycles. The number of hydrogen-bond acceptors (Lipinski definition) is 2. The molecule has 1 N–H and O–H groups in total. The lowest BCUT2D eigenvalue weighted by atomic mass is 9.85. The SMILES string of the molecule is CN1c2ccc(C(F)(F)F)cc2CC1CC(C)(C)C(=O)O. The molecule has 0 saturated heterocycles. The van der Waals surface area contributed by atoms with Gasteiger partial charge in [0.25, 0.3) is 0 Å². The van der Waals surface area contributed by atoms with Crippen LogP contribution in [0.25, 0.3) is 0 Å². The largest absolute Gasteiger partial charge is 0.481 e. The average molecular weight is 301 g/mol. The van der Waals surface area contributed by atoms with Gasteiger partial charge in [0, 0.05) is 18.8 Å². The van der Waals surface area contributed by atoms with Gasteiger partial charge in [-0.25, -0.2) is 0 Å². The highest BCUT2D eigenvalue weighted by Crippen LogP contribution is 2.39. The second-order valence-electron chi connectivity index (χ2n) is 6.20. The summed E-state index contributed by atoms with van der Waals surface area (Å²) in [5, 5.41) is 9.19. The van der Waals surface area contributed by atoms with Crippen molar-refractivity contribution in [1.82, 2.24) is 0 Å². The summed E-state index contributed by atoms with van der Waals surface area (Å²) in [6, 6.07) is 3.60. The summed E-state index contributed by atoms with van der Waals surface area (Å²) in [5.74, 6) is -0.900. The lowest BCUT2D eigenvalue weighted by Gasteiger charge is -2.29. The molecule has 1 aromatic carbocycles. The number of carboxylic acids is 1. The normalized spacial score (nSPS) is 18.8. The molecule has 1 unspecified atom stereocenters. The Kier molecular flexibility index (Phi) is 3.68. The summed E-state index contributed by atoms with van der Waals surface area (Å²) >= 11 is 0. The van der Waals surface area contributed by atoms with Crippen LogP contribution in [0.1, 0.15) is 31.4 Å². The average Bonchev–Trinajstić information content (AvgIpc) is 2.64. The molecule has 2 rings (SSSR count). The number of hydrogen-bond donors (Lipinski definition) is 1. The molecule has 1 aliphatic rings. The van der Waals surface area contributed by atoms with E-state index in [1.165, 1.54) is 12.1 Å². The Hall–Kier alpha value is -1.72. The van der Waals surface area contributed by atoms with E-state index in [-0.39, 0.29) is 6.04 Å². The van der Waals surface area contributed by atoms with E-state index in [0.29, 0.717) is 18.4 Å². The third kappa shape index (κ3) is 2.99. The summed E-state index contributed by atoms with van der Waals surface area (Å²) in [7, 11) is 1.79.